The molecule has 0 bridgehead atoms. The molecule has 0 spiro atoms. The molecule has 0 aromatic carbocycles. The maximum atomic E-state index is 12.4. The van der Waals surface area contributed by atoms with Crippen molar-refractivity contribution in [3.8, 4) is 11.3 Å². The van der Waals surface area contributed by atoms with E-state index >= 15 is 0 Å². The molecule has 0 aliphatic carbocycles. The topological polar surface area (TPSA) is 95.8 Å². The first-order valence-corrected chi connectivity index (χ1v) is 16.1. The summed E-state index contributed by atoms with van der Waals surface area (Å²) < 4.78 is 86.4. The van der Waals surface area contributed by atoms with E-state index in [-0.39, 0.29) is 5.15 Å². The van der Waals surface area contributed by atoms with Crippen LogP contribution in [0.2, 0.25) is 10.3 Å². The maximum Gasteiger partial charge on any atom is 0.498 e. The number of halogens is 9. The van der Waals surface area contributed by atoms with E-state index in [1.54, 1.807) is 12.1 Å². The van der Waals surface area contributed by atoms with Crippen LogP contribution >= 0.6 is 45.8 Å². The number of hydrogen-bond acceptors (Lipinski definition) is 8. The number of rotatable bonds is 4. The Morgan fingerprint density at radius 3 is 1.52 bits per heavy atom. The van der Waals surface area contributed by atoms with E-state index in [1.807, 2.05) is 46.8 Å². The van der Waals surface area contributed by atoms with Crippen molar-refractivity contribution in [3.63, 3.8) is 0 Å². The summed E-state index contributed by atoms with van der Waals surface area (Å²) in [4.78, 5) is 21.3. The summed E-state index contributed by atoms with van der Waals surface area (Å²) in [6, 6.07) is 7.38. The van der Waals surface area contributed by atoms with Gasteiger partial charge in [0.15, 0.2) is 0 Å². The van der Waals surface area contributed by atoms with Gasteiger partial charge in [0.25, 0.3) is 0 Å². The SMILES string of the molecule is CC1(C)OB(c2cnc(C(F)(F)F)nc2)OC1(C)C.CCc1cc(Cl)nc(-c2cnc(C(F)(F)F)nc2)c1.CCc1cc(Cl)nc(I)c1. The molecule has 4 aromatic rings. The zero-order valence-corrected chi connectivity index (χ0v) is 30.2. The summed E-state index contributed by atoms with van der Waals surface area (Å²) in [7, 11) is -0.757. The minimum Gasteiger partial charge on any atom is -0.399 e. The molecule has 8 nitrogen and oxygen atoms in total. The van der Waals surface area contributed by atoms with Crippen molar-refractivity contribution in [2.45, 2.75) is 77.9 Å². The van der Waals surface area contributed by atoms with Crippen molar-refractivity contribution in [3.05, 3.63) is 85.8 Å². The molecular formula is C30H30BCl2F6IN6O2. The molecule has 0 radical (unpaired) electrons. The Bertz CT molecular complexity index is 1640. The van der Waals surface area contributed by atoms with Gasteiger partial charge in [-0.25, -0.2) is 29.9 Å². The highest BCUT2D eigenvalue weighted by Gasteiger charge is 2.52. The van der Waals surface area contributed by atoms with Crippen LogP contribution in [0.4, 0.5) is 26.3 Å². The van der Waals surface area contributed by atoms with Crippen LogP contribution in [0.1, 0.15) is 64.3 Å². The van der Waals surface area contributed by atoms with E-state index in [1.165, 1.54) is 5.56 Å². The van der Waals surface area contributed by atoms with Crippen LogP contribution < -0.4 is 5.46 Å². The minimum absolute atomic E-state index is 0.286. The van der Waals surface area contributed by atoms with Crippen molar-refractivity contribution in [1.82, 2.24) is 29.9 Å². The number of pyridine rings is 2. The van der Waals surface area contributed by atoms with Crippen LogP contribution in [0.25, 0.3) is 11.3 Å². The molecule has 1 saturated heterocycles. The Balaban J connectivity index is 0.000000205. The van der Waals surface area contributed by atoms with Gasteiger partial charge in [0.2, 0.25) is 11.6 Å². The Kier molecular flexibility index (Phi) is 13.2. The summed E-state index contributed by atoms with van der Waals surface area (Å²) >= 11 is 13.7. The predicted octanol–water partition coefficient (Wildman–Crippen LogP) is 8.47. The van der Waals surface area contributed by atoms with Gasteiger partial charge in [-0.05, 0) is 98.5 Å². The second kappa shape index (κ2) is 15.9. The molecule has 0 amide bonds. The third-order valence-electron chi connectivity index (χ3n) is 7.14. The standard InChI is InChI=1S/C12H9ClF3N3.C11H14BF3N2O2.C7H7ClIN/c1-2-7-3-9(19-10(13)4-7)8-5-17-11(18-6-8)12(14,15)16;1-9(2)10(3,4)19-12(18-9)7-5-16-8(17-6-7)11(13,14)15;1-2-5-3-6(8)10-7(9)4-5/h3-6H,2H2,1H3;5-6H,1-4H3;3-4H,2H2,1H3. The van der Waals surface area contributed by atoms with E-state index in [2.05, 4.69) is 59.4 Å². The zero-order valence-electron chi connectivity index (χ0n) is 26.5. The van der Waals surface area contributed by atoms with Gasteiger partial charge in [-0.15, -0.1) is 0 Å². The fourth-order valence-electron chi connectivity index (χ4n) is 3.81. The Labute approximate surface area is 297 Å². The van der Waals surface area contributed by atoms with Gasteiger partial charge in [-0.1, -0.05) is 37.0 Å². The molecule has 0 unspecified atom stereocenters. The summed E-state index contributed by atoms with van der Waals surface area (Å²) in [5.41, 5.74) is 2.29. The highest BCUT2D eigenvalue weighted by Crippen LogP contribution is 2.36. The molecule has 0 N–H and O–H groups in total. The normalized spacial score (nSPS) is 15.3. The van der Waals surface area contributed by atoms with Crippen LogP contribution in [0.5, 0.6) is 0 Å². The average Bonchev–Trinajstić information content (AvgIpc) is 3.22. The molecule has 5 rings (SSSR count). The van der Waals surface area contributed by atoms with Crippen molar-refractivity contribution in [2.75, 3.05) is 0 Å². The lowest BCUT2D eigenvalue weighted by molar-refractivity contribution is -0.145. The van der Waals surface area contributed by atoms with Gasteiger partial charge in [-0.3, -0.25) is 0 Å². The van der Waals surface area contributed by atoms with Crippen molar-refractivity contribution in [1.29, 1.82) is 0 Å². The van der Waals surface area contributed by atoms with E-state index in [4.69, 9.17) is 32.5 Å². The third kappa shape index (κ3) is 10.9. The predicted molar refractivity (Wildman–Crippen MR) is 179 cm³/mol. The number of aromatic nitrogens is 6. The first kappa shape index (κ1) is 39.8. The first-order chi connectivity index (χ1) is 22.1. The van der Waals surface area contributed by atoms with Gasteiger partial charge in [0, 0.05) is 35.8 Å². The highest BCUT2D eigenvalue weighted by molar-refractivity contribution is 14.1. The molecule has 0 saturated carbocycles. The summed E-state index contributed by atoms with van der Waals surface area (Å²) in [6.07, 6.45) is -2.99. The van der Waals surface area contributed by atoms with Crippen LogP contribution in [0, 0.1) is 3.70 Å². The van der Waals surface area contributed by atoms with E-state index < -0.39 is 42.3 Å². The Morgan fingerprint density at radius 1 is 0.688 bits per heavy atom. The average molecular weight is 829 g/mol. The number of hydrogen-bond donors (Lipinski definition) is 0. The van der Waals surface area contributed by atoms with Crippen molar-refractivity contribution in [2.24, 2.45) is 0 Å². The summed E-state index contributed by atoms with van der Waals surface area (Å²) in [5, 5.41) is 0.873. The number of alkyl halides is 6. The Morgan fingerprint density at radius 2 is 1.10 bits per heavy atom. The lowest BCUT2D eigenvalue weighted by Crippen LogP contribution is -2.41. The van der Waals surface area contributed by atoms with Gasteiger partial charge in [-0.2, -0.15) is 26.3 Å². The smallest absolute Gasteiger partial charge is 0.399 e. The van der Waals surface area contributed by atoms with Crippen molar-refractivity contribution < 1.29 is 35.7 Å². The fourth-order valence-corrected chi connectivity index (χ4v) is 5.08. The number of aryl methyl sites for hydroxylation is 2. The quantitative estimate of drug-likeness (QED) is 0.0876. The van der Waals surface area contributed by atoms with Gasteiger partial charge >= 0.3 is 19.5 Å². The van der Waals surface area contributed by atoms with Crippen LogP contribution in [0.3, 0.4) is 0 Å². The summed E-state index contributed by atoms with van der Waals surface area (Å²) in [6.45, 7) is 11.5. The van der Waals surface area contributed by atoms with Crippen LogP contribution in [0.15, 0.2) is 49.1 Å². The lowest BCUT2D eigenvalue weighted by Gasteiger charge is -2.32. The molecule has 1 aliphatic heterocycles. The van der Waals surface area contributed by atoms with Gasteiger partial charge in [0.05, 0.1) is 16.9 Å². The lowest BCUT2D eigenvalue weighted by atomic mass is 9.81. The van der Waals surface area contributed by atoms with Crippen molar-refractivity contribution >= 4 is 58.4 Å². The summed E-state index contributed by atoms with van der Waals surface area (Å²) in [5.74, 6) is -2.35. The van der Waals surface area contributed by atoms with Crippen LogP contribution in [-0.2, 0) is 34.5 Å². The highest BCUT2D eigenvalue weighted by atomic mass is 127. The molecule has 4 aromatic heterocycles. The molecule has 18 heteroatoms. The Hall–Kier alpha value is -2.67. The molecular weight excluding hydrogens is 799 g/mol. The second-order valence-electron chi connectivity index (χ2n) is 11.2. The largest absolute Gasteiger partial charge is 0.498 e. The fraction of sp³-hybridized carbons (Fsp3) is 0.400. The molecule has 48 heavy (non-hydrogen) atoms. The van der Waals surface area contributed by atoms with E-state index in [0.29, 0.717) is 21.9 Å². The van der Waals surface area contributed by atoms with Gasteiger partial charge in [0.1, 0.15) is 14.0 Å². The van der Waals surface area contributed by atoms with Crippen LogP contribution in [-0.4, -0.2) is 48.2 Å². The zero-order chi connectivity index (χ0) is 36.1. The van der Waals surface area contributed by atoms with E-state index in [9.17, 15) is 26.3 Å². The third-order valence-corrected chi connectivity index (χ3v) is 8.08. The molecule has 0 atom stereocenters. The maximum absolute atomic E-state index is 12.4. The minimum atomic E-state index is -4.55. The number of nitrogens with zero attached hydrogens (tertiary/aromatic N) is 6. The van der Waals surface area contributed by atoms with Gasteiger partial charge < -0.3 is 9.31 Å². The molecule has 1 aliphatic rings. The monoisotopic (exact) mass is 828 g/mol. The second-order valence-corrected chi connectivity index (χ2v) is 13.1. The molecule has 1 fully saturated rings. The first-order valence-electron chi connectivity index (χ1n) is 14.3. The molecule has 258 valence electrons. The van der Waals surface area contributed by atoms with E-state index in [0.717, 1.165) is 46.9 Å². The molecule has 5 heterocycles.